The Morgan fingerprint density at radius 3 is 2.05 bits per heavy atom. The fraction of sp³-hybridized carbons (Fsp3) is 0.308. The maximum Gasteiger partial charge on any atom is 0.243 e. The van der Waals surface area contributed by atoms with E-state index in [9.17, 15) is 0 Å². The van der Waals surface area contributed by atoms with Crippen LogP contribution in [0.3, 0.4) is 0 Å². The Balaban J connectivity index is 1.88. The molecule has 1 atom stereocenters. The maximum absolute atomic E-state index is 6.39. The summed E-state index contributed by atoms with van der Waals surface area (Å²) in [5, 5.41) is 1.42. The van der Waals surface area contributed by atoms with Gasteiger partial charge in [0.05, 0.1) is 36.6 Å². The first kappa shape index (κ1) is 14.6. The van der Waals surface area contributed by atoms with Gasteiger partial charge in [-0.05, 0) is 50.3 Å². The minimum absolute atomic E-state index is 0.476. The van der Waals surface area contributed by atoms with Gasteiger partial charge in [0.1, 0.15) is 0 Å². The second kappa shape index (κ2) is 4.75. The van der Waals surface area contributed by atoms with E-state index in [1.807, 2.05) is 20.8 Å². The molecular formula is C13H12ClIN6S. The zero-order valence-corrected chi connectivity index (χ0v) is 16.1. The van der Waals surface area contributed by atoms with Gasteiger partial charge in [-0.15, -0.1) is 0 Å². The average Bonchev–Trinajstić information content (AvgIpc) is 2.97. The first-order valence-electron chi connectivity index (χ1n) is 6.63. The van der Waals surface area contributed by atoms with Crippen molar-refractivity contribution in [2.24, 2.45) is 20.0 Å². The second-order valence-electron chi connectivity index (χ2n) is 5.15. The number of rotatable bonds is 0. The summed E-state index contributed by atoms with van der Waals surface area (Å²) < 4.78 is 5.33. The van der Waals surface area contributed by atoms with Gasteiger partial charge in [0.25, 0.3) is 0 Å². The lowest BCUT2D eigenvalue weighted by atomic mass is 10.3. The summed E-state index contributed by atoms with van der Waals surface area (Å²) in [5.41, 5.74) is 3.87. The SMILES string of the molecule is CC1=NC2=NC3=S(N2C(C)=C1Cl)N1C(=N3)N=C(C)C(I)=C1C. The lowest BCUT2D eigenvalue weighted by Crippen LogP contribution is -2.34. The largest absolute Gasteiger partial charge is 0.243 e. The molecule has 0 fully saturated rings. The van der Waals surface area contributed by atoms with Crippen LogP contribution in [0.2, 0.25) is 0 Å². The molecule has 4 rings (SSSR count). The van der Waals surface area contributed by atoms with E-state index in [0.717, 1.165) is 31.5 Å². The molecule has 22 heavy (non-hydrogen) atoms. The Morgan fingerprint density at radius 1 is 0.864 bits per heavy atom. The minimum atomic E-state index is -0.476. The Hall–Kier alpha value is -1.00. The average molecular weight is 447 g/mol. The van der Waals surface area contributed by atoms with Crippen molar-refractivity contribution in [2.45, 2.75) is 27.7 Å². The van der Waals surface area contributed by atoms with Crippen molar-refractivity contribution >= 4 is 73.5 Å². The smallest absolute Gasteiger partial charge is 0.241 e. The monoisotopic (exact) mass is 446 g/mol. The highest BCUT2D eigenvalue weighted by Gasteiger charge is 2.42. The molecule has 0 spiro atoms. The lowest BCUT2D eigenvalue weighted by Gasteiger charge is -2.34. The zero-order valence-electron chi connectivity index (χ0n) is 12.3. The number of guanidine groups is 2. The highest BCUT2D eigenvalue weighted by Crippen LogP contribution is 2.47. The highest BCUT2D eigenvalue weighted by molar-refractivity contribution is 14.1. The lowest BCUT2D eigenvalue weighted by molar-refractivity contribution is 0.737. The van der Waals surface area contributed by atoms with Crippen LogP contribution in [0.25, 0.3) is 0 Å². The van der Waals surface area contributed by atoms with Crippen LogP contribution in [0.5, 0.6) is 0 Å². The second-order valence-corrected chi connectivity index (χ2v) is 8.23. The molecule has 0 aromatic rings. The molecule has 9 heteroatoms. The Labute approximate surface area is 149 Å². The number of hydrogen-bond acceptors (Lipinski definition) is 6. The quantitative estimate of drug-likeness (QED) is 0.422. The van der Waals surface area contributed by atoms with Crippen molar-refractivity contribution in [3.8, 4) is 0 Å². The zero-order chi connectivity index (χ0) is 15.8. The fourth-order valence-electron chi connectivity index (χ4n) is 2.57. The van der Waals surface area contributed by atoms with Crippen LogP contribution in [0, 0.1) is 0 Å². The van der Waals surface area contributed by atoms with E-state index in [4.69, 9.17) is 11.6 Å². The van der Waals surface area contributed by atoms with Crippen LogP contribution in [0.15, 0.2) is 40.0 Å². The van der Waals surface area contributed by atoms with Crippen LogP contribution in [0.1, 0.15) is 27.7 Å². The number of aliphatic imine (C=N–C) groups is 4. The Kier molecular flexibility index (Phi) is 3.15. The summed E-state index contributed by atoms with van der Waals surface area (Å²) in [6.45, 7) is 7.97. The third kappa shape index (κ3) is 1.77. The van der Waals surface area contributed by atoms with Crippen LogP contribution in [-0.4, -0.2) is 37.1 Å². The highest BCUT2D eigenvalue weighted by atomic mass is 127. The van der Waals surface area contributed by atoms with Crippen molar-refractivity contribution in [1.82, 2.24) is 8.61 Å². The third-order valence-electron chi connectivity index (χ3n) is 3.68. The number of nitrogens with zero attached hydrogens (tertiary/aromatic N) is 6. The molecule has 0 aromatic carbocycles. The molecule has 0 amide bonds. The summed E-state index contributed by atoms with van der Waals surface area (Å²) in [5.74, 6) is 1.36. The third-order valence-corrected chi connectivity index (χ3v) is 7.86. The fourth-order valence-corrected chi connectivity index (χ4v) is 5.26. The molecule has 0 aliphatic carbocycles. The molecular weight excluding hydrogens is 435 g/mol. The van der Waals surface area contributed by atoms with E-state index in [1.165, 1.54) is 0 Å². The number of hydrogen-bond donors (Lipinski definition) is 0. The molecule has 0 N–H and O–H groups in total. The topological polar surface area (TPSA) is 55.9 Å². The minimum Gasteiger partial charge on any atom is -0.241 e. The number of allylic oxidation sites excluding steroid dienone is 4. The molecule has 0 aromatic heterocycles. The molecule has 4 aliphatic heterocycles. The van der Waals surface area contributed by atoms with Gasteiger partial charge in [0.15, 0.2) is 0 Å². The van der Waals surface area contributed by atoms with Gasteiger partial charge in [0, 0.05) is 5.70 Å². The molecule has 0 radical (unpaired) electrons. The van der Waals surface area contributed by atoms with Crippen molar-refractivity contribution in [2.75, 3.05) is 0 Å². The van der Waals surface area contributed by atoms with E-state index < -0.39 is 10.9 Å². The van der Waals surface area contributed by atoms with Crippen molar-refractivity contribution < 1.29 is 0 Å². The summed E-state index contributed by atoms with van der Waals surface area (Å²) in [4.78, 5) is 18.3. The van der Waals surface area contributed by atoms with Gasteiger partial charge in [-0.2, -0.15) is 9.98 Å². The van der Waals surface area contributed by atoms with Gasteiger partial charge in [0.2, 0.25) is 17.0 Å². The summed E-state index contributed by atoms with van der Waals surface area (Å²) in [6.07, 6.45) is 0. The maximum atomic E-state index is 6.39. The van der Waals surface area contributed by atoms with Gasteiger partial charge in [-0.25, -0.2) is 18.6 Å². The van der Waals surface area contributed by atoms with Crippen molar-refractivity contribution in [1.29, 1.82) is 0 Å². The van der Waals surface area contributed by atoms with Crippen LogP contribution < -0.4 is 0 Å². The van der Waals surface area contributed by atoms with Crippen LogP contribution >= 0.6 is 45.0 Å². The number of halogens is 2. The summed E-state index contributed by atoms with van der Waals surface area (Å²) in [7, 11) is -0.476. The van der Waals surface area contributed by atoms with Crippen LogP contribution in [0.4, 0.5) is 0 Å². The standard InChI is InChI=1S/C13H12ClIN6S/c1-5-9(14)7(3)20-11(16-5)18-13-19-12-17-6(2)10(15)8(4)21(12)22(13)20/h1-4H3. The first-order valence-corrected chi connectivity index (χ1v) is 9.23. The normalized spacial score (nSPS) is 26.6. The molecule has 0 saturated heterocycles. The molecule has 6 nitrogen and oxygen atoms in total. The Morgan fingerprint density at radius 2 is 1.41 bits per heavy atom. The Bertz CT molecular complexity index is 792. The van der Waals surface area contributed by atoms with Gasteiger partial charge in [-0.1, -0.05) is 11.6 Å². The van der Waals surface area contributed by atoms with E-state index in [1.54, 1.807) is 0 Å². The van der Waals surface area contributed by atoms with Crippen molar-refractivity contribution in [3.05, 3.63) is 20.0 Å². The number of fused-ring (bicyclic) bond motifs is 4. The van der Waals surface area contributed by atoms with Crippen LogP contribution in [-0.2, 0) is 0 Å². The van der Waals surface area contributed by atoms with E-state index in [-0.39, 0.29) is 0 Å². The first-order chi connectivity index (χ1) is 10.4. The molecule has 0 bridgehead atoms. The molecule has 1 unspecified atom stereocenters. The van der Waals surface area contributed by atoms with E-state index in [2.05, 4.69) is 58.1 Å². The predicted octanol–water partition coefficient (Wildman–Crippen LogP) is 3.60. The molecule has 4 heterocycles. The summed E-state index contributed by atoms with van der Waals surface area (Å²) in [6, 6.07) is 0. The molecule has 114 valence electrons. The van der Waals surface area contributed by atoms with E-state index in [0.29, 0.717) is 17.0 Å². The summed E-state index contributed by atoms with van der Waals surface area (Å²) >= 11 is 8.71. The predicted molar refractivity (Wildman–Crippen MR) is 103 cm³/mol. The van der Waals surface area contributed by atoms with Gasteiger partial charge in [-0.3, -0.25) is 0 Å². The van der Waals surface area contributed by atoms with Crippen molar-refractivity contribution in [3.63, 3.8) is 0 Å². The van der Waals surface area contributed by atoms with E-state index >= 15 is 0 Å². The molecule has 4 aliphatic rings. The molecule has 0 saturated carbocycles. The van der Waals surface area contributed by atoms with Gasteiger partial charge >= 0.3 is 0 Å². The van der Waals surface area contributed by atoms with Gasteiger partial charge < -0.3 is 0 Å².